The molecule has 1 nitrogen and oxygen atoms in total. The Bertz CT molecular complexity index is 54.3. The molecule has 0 aromatic heterocycles. The van der Waals surface area contributed by atoms with E-state index in [4.69, 9.17) is 0 Å². The van der Waals surface area contributed by atoms with Gasteiger partial charge in [-0.1, -0.05) is 27.7 Å². The average molecular weight is 216 g/mol. The number of hydrogen-bond acceptors (Lipinski definition) is 0. The average Bonchev–Trinajstić information content (AvgIpc) is 1.63. The van der Waals surface area contributed by atoms with Gasteiger partial charge in [-0.25, -0.2) is 0 Å². The molecule has 0 N–H and O–H groups in total. The maximum Gasteiger partial charge on any atom is 0 e. The van der Waals surface area contributed by atoms with Crippen molar-refractivity contribution in [1.82, 2.24) is 0 Å². The summed E-state index contributed by atoms with van der Waals surface area (Å²) in [7, 11) is 0. The SMILES string of the molecule is CC(C)[CH-]C[N-]C(C)C.[Y]. The van der Waals surface area contributed by atoms with E-state index < -0.39 is 0 Å². The second-order valence-corrected chi connectivity index (χ2v) is 2.94. The molecule has 0 bridgehead atoms. The molecule has 0 fully saturated rings. The fourth-order valence-corrected chi connectivity index (χ4v) is 0.482. The van der Waals surface area contributed by atoms with E-state index in [1.807, 2.05) is 0 Å². The molecular formula is C8H17NY-2. The fourth-order valence-electron chi connectivity index (χ4n) is 0.482. The van der Waals surface area contributed by atoms with Gasteiger partial charge in [0.05, 0.1) is 0 Å². The van der Waals surface area contributed by atoms with Crippen molar-refractivity contribution in [2.24, 2.45) is 5.92 Å². The van der Waals surface area contributed by atoms with E-state index in [2.05, 4.69) is 39.4 Å². The summed E-state index contributed by atoms with van der Waals surface area (Å²) in [5.74, 6) is 0.674. The fraction of sp³-hybridized carbons (Fsp3) is 0.875. The molecule has 0 amide bonds. The second-order valence-electron chi connectivity index (χ2n) is 2.94. The zero-order valence-electron chi connectivity index (χ0n) is 7.46. The van der Waals surface area contributed by atoms with Gasteiger partial charge in [-0.05, 0) is 0 Å². The minimum atomic E-state index is 0. The van der Waals surface area contributed by atoms with Crippen LogP contribution in [-0.2, 0) is 32.7 Å². The van der Waals surface area contributed by atoms with Crippen molar-refractivity contribution in [2.75, 3.05) is 6.54 Å². The van der Waals surface area contributed by atoms with Crippen molar-refractivity contribution < 1.29 is 32.7 Å². The van der Waals surface area contributed by atoms with E-state index in [0.717, 1.165) is 6.54 Å². The van der Waals surface area contributed by atoms with Crippen LogP contribution in [0.15, 0.2) is 0 Å². The molecule has 0 unspecified atom stereocenters. The van der Waals surface area contributed by atoms with Gasteiger partial charge in [-0.15, -0.1) is 6.04 Å². The minimum absolute atomic E-state index is 0. The van der Waals surface area contributed by atoms with E-state index in [1.54, 1.807) is 0 Å². The van der Waals surface area contributed by atoms with Gasteiger partial charge in [0.25, 0.3) is 0 Å². The van der Waals surface area contributed by atoms with Gasteiger partial charge >= 0.3 is 0 Å². The Morgan fingerprint density at radius 3 is 2.00 bits per heavy atom. The summed E-state index contributed by atoms with van der Waals surface area (Å²) in [4.78, 5) is 0. The zero-order chi connectivity index (χ0) is 7.28. The topological polar surface area (TPSA) is 14.1 Å². The summed E-state index contributed by atoms with van der Waals surface area (Å²) >= 11 is 0. The first kappa shape index (κ1) is 13.6. The smallest absolute Gasteiger partial charge is 0 e. The van der Waals surface area contributed by atoms with Crippen molar-refractivity contribution in [3.8, 4) is 0 Å². The maximum absolute atomic E-state index is 4.31. The quantitative estimate of drug-likeness (QED) is 0.641. The van der Waals surface area contributed by atoms with E-state index in [9.17, 15) is 0 Å². The minimum Gasteiger partial charge on any atom is -0.686 e. The molecule has 0 saturated heterocycles. The molecule has 0 heterocycles. The molecule has 2 heteroatoms. The molecule has 0 aliphatic carbocycles. The molecule has 0 aliphatic rings. The monoisotopic (exact) mass is 216 g/mol. The standard InChI is InChI=1S/C8H17N.Y/c1-7(2)5-6-9-8(3)4;/h5,7-8H,6H2,1-4H3;/q-2;. The first-order chi connectivity index (χ1) is 4.13. The Balaban J connectivity index is 0. The molecule has 0 aromatic rings. The van der Waals surface area contributed by atoms with Crippen molar-refractivity contribution >= 4 is 0 Å². The van der Waals surface area contributed by atoms with Crippen LogP contribution in [0.3, 0.4) is 0 Å². The van der Waals surface area contributed by atoms with Crippen LogP contribution in [0.4, 0.5) is 0 Å². The van der Waals surface area contributed by atoms with Gasteiger partial charge < -0.3 is 11.7 Å². The second kappa shape index (κ2) is 8.16. The van der Waals surface area contributed by atoms with Crippen molar-refractivity contribution in [1.29, 1.82) is 0 Å². The Labute approximate surface area is 90.2 Å². The Morgan fingerprint density at radius 2 is 1.70 bits per heavy atom. The largest absolute Gasteiger partial charge is 0.686 e. The van der Waals surface area contributed by atoms with Crippen molar-refractivity contribution in [2.45, 2.75) is 33.7 Å². The van der Waals surface area contributed by atoms with Crippen LogP contribution in [0.5, 0.6) is 0 Å². The third-order valence-corrected chi connectivity index (χ3v) is 1.05. The van der Waals surface area contributed by atoms with Crippen LogP contribution in [0.25, 0.3) is 5.32 Å². The predicted molar refractivity (Wildman–Crippen MR) is 42.5 cm³/mol. The zero-order valence-corrected chi connectivity index (χ0v) is 10.3. The van der Waals surface area contributed by atoms with Crippen LogP contribution < -0.4 is 0 Å². The summed E-state index contributed by atoms with van der Waals surface area (Å²) in [5, 5.41) is 4.31. The molecule has 0 atom stereocenters. The molecule has 0 aliphatic heterocycles. The van der Waals surface area contributed by atoms with E-state index in [0.29, 0.717) is 12.0 Å². The third-order valence-electron chi connectivity index (χ3n) is 1.05. The van der Waals surface area contributed by atoms with Gasteiger partial charge in [0, 0.05) is 32.7 Å². The molecule has 0 saturated carbocycles. The summed E-state index contributed by atoms with van der Waals surface area (Å²) in [5.41, 5.74) is 0. The van der Waals surface area contributed by atoms with Crippen molar-refractivity contribution in [3.05, 3.63) is 11.7 Å². The number of rotatable bonds is 4. The number of nitrogens with zero attached hydrogens (tertiary/aromatic N) is 1. The van der Waals surface area contributed by atoms with Gasteiger partial charge in [0.15, 0.2) is 0 Å². The first-order valence-corrected chi connectivity index (χ1v) is 3.63. The van der Waals surface area contributed by atoms with Crippen LogP contribution in [0, 0.1) is 12.3 Å². The van der Waals surface area contributed by atoms with E-state index in [-0.39, 0.29) is 32.7 Å². The molecule has 59 valence electrons. The Morgan fingerprint density at radius 1 is 1.20 bits per heavy atom. The molecule has 0 spiro atoms. The Kier molecular flexibility index (Phi) is 11.1. The normalized spacial score (nSPS) is 10.2. The van der Waals surface area contributed by atoms with E-state index >= 15 is 0 Å². The van der Waals surface area contributed by atoms with Crippen LogP contribution in [0.2, 0.25) is 0 Å². The molecular weight excluding hydrogens is 199 g/mol. The maximum atomic E-state index is 4.31. The van der Waals surface area contributed by atoms with Crippen molar-refractivity contribution in [3.63, 3.8) is 0 Å². The van der Waals surface area contributed by atoms with Crippen LogP contribution in [-0.4, -0.2) is 12.6 Å². The first-order valence-electron chi connectivity index (χ1n) is 3.63. The molecule has 0 aromatic carbocycles. The van der Waals surface area contributed by atoms with E-state index in [1.165, 1.54) is 0 Å². The third kappa shape index (κ3) is 11.8. The van der Waals surface area contributed by atoms with Crippen LogP contribution >= 0.6 is 0 Å². The number of hydrogen-bond donors (Lipinski definition) is 0. The molecule has 1 radical (unpaired) electrons. The van der Waals surface area contributed by atoms with Gasteiger partial charge in [0.2, 0.25) is 0 Å². The summed E-state index contributed by atoms with van der Waals surface area (Å²) < 4.78 is 0. The summed E-state index contributed by atoms with van der Waals surface area (Å²) in [6.07, 6.45) is 2.22. The van der Waals surface area contributed by atoms with Gasteiger partial charge in [0.1, 0.15) is 0 Å². The van der Waals surface area contributed by atoms with Gasteiger partial charge in [-0.2, -0.15) is 5.92 Å². The molecule has 10 heavy (non-hydrogen) atoms. The van der Waals surface area contributed by atoms with Gasteiger partial charge in [-0.3, -0.25) is 6.54 Å². The summed E-state index contributed by atoms with van der Waals surface area (Å²) in [6.45, 7) is 9.48. The Hall–Kier alpha value is 1.06. The van der Waals surface area contributed by atoms with Crippen LogP contribution in [0.1, 0.15) is 27.7 Å². The predicted octanol–water partition coefficient (Wildman–Crippen LogP) is 2.63. The molecule has 0 rings (SSSR count). The summed E-state index contributed by atoms with van der Waals surface area (Å²) in [6, 6.07) is 0.486.